The molecule has 0 aliphatic heterocycles. The Hall–Kier alpha value is -1.52. The third-order valence-corrected chi connectivity index (χ3v) is 4.08. The first-order chi connectivity index (χ1) is 10.0. The van der Waals surface area contributed by atoms with E-state index in [4.69, 9.17) is 16.3 Å². The van der Waals surface area contributed by atoms with Gasteiger partial charge in [-0.3, -0.25) is 4.79 Å². The van der Waals surface area contributed by atoms with Crippen LogP contribution in [0.15, 0.2) is 46.9 Å². The molecule has 0 saturated heterocycles. The standard InChI is InChI=1S/C16H15BrClNO2/c1-10(12-5-3-4-6-14(12)17)19-16(20)13-9-11(18)7-8-15(13)21-2/h3-10H,1-2H3,(H,19,20). The van der Waals surface area contributed by atoms with Crippen molar-refractivity contribution in [3.63, 3.8) is 0 Å². The van der Waals surface area contributed by atoms with Crippen LogP contribution in [0.2, 0.25) is 5.02 Å². The first-order valence-corrected chi connectivity index (χ1v) is 7.59. The minimum Gasteiger partial charge on any atom is -0.496 e. The molecule has 21 heavy (non-hydrogen) atoms. The van der Waals surface area contributed by atoms with Gasteiger partial charge in [0.25, 0.3) is 5.91 Å². The maximum Gasteiger partial charge on any atom is 0.255 e. The molecule has 0 saturated carbocycles. The van der Waals surface area contributed by atoms with Gasteiger partial charge in [0.15, 0.2) is 0 Å². The van der Waals surface area contributed by atoms with Crippen LogP contribution in [0.5, 0.6) is 5.75 Å². The summed E-state index contributed by atoms with van der Waals surface area (Å²) in [7, 11) is 1.53. The van der Waals surface area contributed by atoms with Crippen LogP contribution in [-0.2, 0) is 0 Å². The second-order valence-electron chi connectivity index (χ2n) is 4.56. The highest BCUT2D eigenvalue weighted by Crippen LogP contribution is 2.26. The van der Waals surface area contributed by atoms with Crippen LogP contribution in [0, 0.1) is 0 Å². The lowest BCUT2D eigenvalue weighted by atomic mass is 10.1. The molecule has 0 spiro atoms. The van der Waals surface area contributed by atoms with Crippen molar-refractivity contribution in [2.75, 3.05) is 7.11 Å². The van der Waals surface area contributed by atoms with E-state index in [9.17, 15) is 4.79 Å². The molecule has 2 aromatic rings. The first kappa shape index (κ1) is 15.9. The zero-order chi connectivity index (χ0) is 15.4. The summed E-state index contributed by atoms with van der Waals surface area (Å²) in [5.41, 5.74) is 1.43. The molecule has 1 unspecified atom stereocenters. The molecule has 2 rings (SSSR count). The fourth-order valence-corrected chi connectivity index (χ4v) is 2.84. The molecule has 0 heterocycles. The van der Waals surface area contributed by atoms with Gasteiger partial charge in [-0.2, -0.15) is 0 Å². The van der Waals surface area contributed by atoms with Crippen molar-refractivity contribution in [3.05, 3.63) is 63.1 Å². The van der Waals surface area contributed by atoms with Crippen LogP contribution in [0.4, 0.5) is 0 Å². The minimum absolute atomic E-state index is 0.142. The molecule has 5 heteroatoms. The summed E-state index contributed by atoms with van der Waals surface area (Å²) in [4.78, 5) is 12.4. The molecule has 1 amide bonds. The van der Waals surface area contributed by atoms with E-state index in [1.807, 2.05) is 31.2 Å². The number of hydrogen-bond donors (Lipinski definition) is 1. The predicted octanol–water partition coefficient (Wildman–Crippen LogP) is 4.60. The maximum absolute atomic E-state index is 12.4. The summed E-state index contributed by atoms with van der Waals surface area (Å²) in [5.74, 6) is 0.272. The number of carbonyl (C=O) groups is 1. The number of rotatable bonds is 4. The Bertz CT molecular complexity index is 660. The van der Waals surface area contributed by atoms with Crippen molar-refractivity contribution in [2.24, 2.45) is 0 Å². The van der Waals surface area contributed by atoms with Crippen molar-refractivity contribution >= 4 is 33.4 Å². The highest BCUT2D eigenvalue weighted by atomic mass is 79.9. The molecule has 1 N–H and O–H groups in total. The van der Waals surface area contributed by atoms with Crippen LogP contribution in [0.3, 0.4) is 0 Å². The quantitative estimate of drug-likeness (QED) is 0.856. The fraction of sp³-hybridized carbons (Fsp3) is 0.188. The highest BCUT2D eigenvalue weighted by molar-refractivity contribution is 9.10. The Labute approximate surface area is 137 Å². The lowest BCUT2D eigenvalue weighted by molar-refractivity contribution is 0.0936. The van der Waals surface area contributed by atoms with Crippen LogP contribution < -0.4 is 10.1 Å². The van der Waals surface area contributed by atoms with E-state index in [1.54, 1.807) is 18.2 Å². The molecule has 1 atom stereocenters. The van der Waals surface area contributed by atoms with Gasteiger partial charge in [-0.1, -0.05) is 45.7 Å². The van der Waals surface area contributed by atoms with Gasteiger partial charge in [0.2, 0.25) is 0 Å². The molecule has 2 aromatic carbocycles. The average molecular weight is 369 g/mol. The van der Waals surface area contributed by atoms with Crippen molar-refractivity contribution in [2.45, 2.75) is 13.0 Å². The largest absolute Gasteiger partial charge is 0.496 e. The molecule has 0 radical (unpaired) electrons. The van der Waals surface area contributed by atoms with E-state index in [0.29, 0.717) is 16.3 Å². The Morgan fingerprint density at radius 2 is 2.00 bits per heavy atom. The molecule has 110 valence electrons. The van der Waals surface area contributed by atoms with Crippen LogP contribution in [0.1, 0.15) is 28.9 Å². The van der Waals surface area contributed by atoms with Crippen LogP contribution in [-0.4, -0.2) is 13.0 Å². The molecule has 0 bridgehead atoms. The van der Waals surface area contributed by atoms with Gasteiger partial charge >= 0.3 is 0 Å². The third-order valence-electron chi connectivity index (χ3n) is 3.13. The number of nitrogens with one attached hydrogen (secondary N) is 1. The predicted molar refractivity (Wildman–Crippen MR) is 88.0 cm³/mol. The molecule has 0 aliphatic carbocycles. The van der Waals surface area contributed by atoms with Crippen molar-refractivity contribution < 1.29 is 9.53 Å². The van der Waals surface area contributed by atoms with Crippen molar-refractivity contribution in [1.29, 1.82) is 0 Å². The number of halogens is 2. The van der Waals surface area contributed by atoms with Gasteiger partial charge in [0.1, 0.15) is 5.75 Å². The number of hydrogen-bond acceptors (Lipinski definition) is 2. The molecule has 0 fully saturated rings. The highest BCUT2D eigenvalue weighted by Gasteiger charge is 2.17. The third kappa shape index (κ3) is 3.77. The van der Waals surface area contributed by atoms with Crippen LogP contribution in [0.25, 0.3) is 0 Å². The van der Waals surface area contributed by atoms with Gasteiger partial charge in [-0.15, -0.1) is 0 Å². The normalized spacial score (nSPS) is 11.8. The van der Waals surface area contributed by atoms with Crippen LogP contribution >= 0.6 is 27.5 Å². The summed E-state index contributed by atoms with van der Waals surface area (Å²) in [6.07, 6.45) is 0. The molecular formula is C16H15BrClNO2. The van der Waals surface area contributed by atoms with Gasteiger partial charge < -0.3 is 10.1 Å². The van der Waals surface area contributed by atoms with Gasteiger partial charge in [-0.05, 0) is 36.8 Å². The van der Waals surface area contributed by atoms with Crippen molar-refractivity contribution in [3.8, 4) is 5.75 Å². The smallest absolute Gasteiger partial charge is 0.255 e. The number of amides is 1. The fourth-order valence-electron chi connectivity index (χ4n) is 2.04. The SMILES string of the molecule is COc1ccc(Cl)cc1C(=O)NC(C)c1ccccc1Br. The number of ether oxygens (including phenoxy) is 1. The molecule has 3 nitrogen and oxygen atoms in total. The van der Waals surface area contributed by atoms with E-state index in [1.165, 1.54) is 7.11 Å². The number of carbonyl (C=O) groups excluding carboxylic acids is 1. The minimum atomic E-state index is -0.224. The maximum atomic E-state index is 12.4. The first-order valence-electron chi connectivity index (χ1n) is 6.41. The van der Waals surface area contributed by atoms with Gasteiger partial charge in [-0.25, -0.2) is 0 Å². The summed E-state index contributed by atoms with van der Waals surface area (Å²) in [5, 5.41) is 3.44. The summed E-state index contributed by atoms with van der Waals surface area (Å²) in [6, 6.07) is 12.6. The second-order valence-corrected chi connectivity index (χ2v) is 5.85. The average Bonchev–Trinajstić information content (AvgIpc) is 2.47. The second kappa shape index (κ2) is 6.96. The zero-order valence-electron chi connectivity index (χ0n) is 11.7. The van der Waals surface area contributed by atoms with E-state index in [-0.39, 0.29) is 11.9 Å². The van der Waals surface area contributed by atoms with E-state index < -0.39 is 0 Å². The molecule has 0 aromatic heterocycles. The monoisotopic (exact) mass is 367 g/mol. The lowest BCUT2D eigenvalue weighted by Crippen LogP contribution is -2.27. The molecule has 0 aliphatic rings. The van der Waals surface area contributed by atoms with E-state index in [2.05, 4.69) is 21.2 Å². The Balaban J connectivity index is 2.22. The number of methoxy groups -OCH3 is 1. The lowest BCUT2D eigenvalue weighted by Gasteiger charge is -2.17. The summed E-state index contributed by atoms with van der Waals surface area (Å²) < 4.78 is 6.16. The summed E-state index contributed by atoms with van der Waals surface area (Å²) >= 11 is 9.44. The van der Waals surface area contributed by atoms with E-state index in [0.717, 1.165) is 10.0 Å². The Kier molecular flexibility index (Phi) is 5.26. The topological polar surface area (TPSA) is 38.3 Å². The van der Waals surface area contributed by atoms with Gasteiger partial charge in [0.05, 0.1) is 18.7 Å². The van der Waals surface area contributed by atoms with Crippen molar-refractivity contribution in [1.82, 2.24) is 5.32 Å². The Morgan fingerprint density at radius 3 is 2.67 bits per heavy atom. The van der Waals surface area contributed by atoms with Gasteiger partial charge in [0, 0.05) is 9.50 Å². The van der Waals surface area contributed by atoms with E-state index >= 15 is 0 Å². The Morgan fingerprint density at radius 1 is 1.29 bits per heavy atom. The summed E-state index contributed by atoms with van der Waals surface area (Å²) in [6.45, 7) is 1.93. The molecular weight excluding hydrogens is 354 g/mol. The zero-order valence-corrected chi connectivity index (χ0v) is 14.0. The number of benzene rings is 2.